The molecule has 0 saturated carbocycles. The number of aryl methyl sites for hydroxylation is 2. The quantitative estimate of drug-likeness (QED) is 0.347. The highest BCUT2D eigenvalue weighted by molar-refractivity contribution is 5.92. The number of hydrogen-bond donors (Lipinski definition) is 1. The number of anilines is 1. The Morgan fingerprint density at radius 1 is 0.828 bits per heavy atom. The fourth-order valence-corrected chi connectivity index (χ4v) is 3.68. The zero-order valence-electron chi connectivity index (χ0n) is 18.2. The van der Waals surface area contributed by atoms with Crippen LogP contribution in [0.25, 0.3) is 0 Å². The average Bonchev–Trinajstić information content (AvgIpc) is 2.72. The molecule has 1 N–H and O–H groups in total. The average molecular weight is 396 g/mol. The van der Waals surface area contributed by atoms with Crippen LogP contribution in [0.2, 0.25) is 0 Å². The van der Waals surface area contributed by atoms with Crippen LogP contribution < -0.4 is 10.1 Å². The van der Waals surface area contributed by atoms with E-state index in [0.29, 0.717) is 12.2 Å². The molecule has 0 aromatic heterocycles. The van der Waals surface area contributed by atoms with E-state index in [-0.39, 0.29) is 5.91 Å². The lowest BCUT2D eigenvalue weighted by atomic mass is 10.0. The number of methoxy groups -OCH3 is 1. The van der Waals surface area contributed by atoms with Gasteiger partial charge < -0.3 is 10.1 Å². The lowest BCUT2D eigenvalue weighted by Gasteiger charge is -2.09. The minimum atomic E-state index is 0.0723. The third kappa shape index (κ3) is 9.65. The van der Waals surface area contributed by atoms with Crippen molar-refractivity contribution in [3.05, 3.63) is 59.7 Å². The second kappa shape index (κ2) is 13.8. The van der Waals surface area contributed by atoms with Gasteiger partial charge in [0.25, 0.3) is 0 Å². The highest BCUT2D eigenvalue weighted by Gasteiger charge is 2.06. The third-order valence-corrected chi connectivity index (χ3v) is 5.33. The van der Waals surface area contributed by atoms with Crippen LogP contribution in [0.5, 0.6) is 5.75 Å². The van der Waals surface area contributed by atoms with Crippen molar-refractivity contribution in [1.29, 1.82) is 0 Å². The van der Waals surface area contributed by atoms with Crippen molar-refractivity contribution in [3.63, 3.8) is 0 Å². The molecule has 158 valence electrons. The predicted molar refractivity (Wildman–Crippen MR) is 123 cm³/mol. The molecule has 2 rings (SSSR count). The molecule has 2 aromatic carbocycles. The van der Waals surface area contributed by atoms with Crippen LogP contribution in [-0.4, -0.2) is 13.0 Å². The molecule has 0 aliphatic heterocycles. The zero-order chi connectivity index (χ0) is 20.7. The van der Waals surface area contributed by atoms with Gasteiger partial charge in [-0.05, 0) is 43.9 Å². The van der Waals surface area contributed by atoms with Crippen molar-refractivity contribution >= 4 is 11.6 Å². The van der Waals surface area contributed by atoms with E-state index >= 15 is 0 Å². The normalized spacial score (nSPS) is 10.7. The van der Waals surface area contributed by atoms with Gasteiger partial charge in [0.2, 0.25) is 5.91 Å². The summed E-state index contributed by atoms with van der Waals surface area (Å²) >= 11 is 0. The summed E-state index contributed by atoms with van der Waals surface area (Å²) in [6, 6.07) is 16.4. The Hall–Kier alpha value is -2.29. The lowest BCUT2D eigenvalue weighted by Crippen LogP contribution is -2.11. The van der Waals surface area contributed by atoms with E-state index in [4.69, 9.17) is 4.74 Å². The summed E-state index contributed by atoms with van der Waals surface area (Å²) in [4.78, 5) is 12.1. The first kappa shape index (κ1) is 23.0. The lowest BCUT2D eigenvalue weighted by molar-refractivity contribution is -0.116. The Balaban J connectivity index is 1.41. The summed E-state index contributed by atoms with van der Waals surface area (Å²) in [5, 5.41) is 2.94. The van der Waals surface area contributed by atoms with E-state index in [1.165, 1.54) is 62.5 Å². The summed E-state index contributed by atoms with van der Waals surface area (Å²) in [7, 11) is 1.62. The van der Waals surface area contributed by atoms with Crippen LogP contribution in [0.1, 0.15) is 75.3 Å². The van der Waals surface area contributed by atoms with Crippen molar-refractivity contribution in [2.24, 2.45) is 0 Å². The molecule has 3 heteroatoms. The second-order valence-corrected chi connectivity index (χ2v) is 7.92. The van der Waals surface area contributed by atoms with Crippen molar-refractivity contribution in [1.82, 2.24) is 0 Å². The van der Waals surface area contributed by atoms with Gasteiger partial charge in [-0.2, -0.15) is 0 Å². The molecule has 0 heterocycles. The summed E-state index contributed by atoms with van der Waals surface area (Å²) in [6.45, 7) is 2.16. The van der Waals surface area contributed by atoms with E-state index in [2.05, 4.69) is 36.5 Å². The summed E-state index contributed by atoms with van der Waals surface area (Å²) in [5.41, 5.74) is 3.59. The van der Waals surface area contributed by atoms with E-state index in [1.54, 1.807) is 7.11 Å². The van der Waals surface area contributed by atoms with Gasteiger partial charge in [-0.1, -0.05) is 86.9 Å². The van der Waals surface area contributed by atoms with Crippen LogP contribution in [0.3, 0.4) is 0 Å². The number of carbonyl (C=O) groups excluding carboxylic acids is 1. The molecule has 29 heavy (non-hydrogen) atoms. The number of benzene rings is 2. The second-order valence-electron chi connectivity index (χ2n) is 7.92. The Bertz CT molecular complexity index is 726. The number of amides is 1. The summed E-state index contributed by atoms with van der Waals surface area (Å²) in [5.74, 6) is 0.780. The highest BCUT2D eigenvalue weighted by atomic mass is 16.5. The first-order valence-electron chi connectivity index (χ1n) is 11.2. The Morgan fingerprint density at radius 3 is 2.17 bits per heavy atom. The number of unbranched alkanes of at least 4 members (excludes halogenated alkanes) is 8. The van der Waals surface area contributed by atoms with Crippen LogP contribution in [-0.2, 0) is 11.2 Å². The minimum Gasteiger partial charge on any atom is -0.495 e. The maximum absolute atomic E-state index is 12.1. The molecule has 2 aromatic rings. The Labute approximate surface area is 176 Å². The first-order chi connectivity index (χ1) is 14.2. The van der Waals surface area contributed by atoms with Gasteiger partial charge in [0.05, 0.1) is 12.8 Å². The number of hydrogen-bond acceptors (Lipinski definition) is 2. The van der Waals surface area contributed by atoms with E-state index < -0.39 is 0 Å². The summed E-state index contributed by atoms with van der Waals surface area (Å²) < 4.78 is 5.26. The van der Waals surface area contributed by atoms with Gasteiger partial charge in [0.15, 0.2) is 0 Å². The van der Waals surface area contributed by atoms with Crippen molar-refractivity contribution in [2.75, 3.05) is 12.4 Å². The largest absolute Gasteiger partial charge is 0.495 e. The van der Waals surface area contributed by atoms with Crippen molar-refractivity contribution in [3.8, 4) is 5.75 Å². The van der Waals surface area contributed by atoms with Gasteiger partial charge in [-0.15, -0.1) is 0 Å². The van der Waals surface area contributed by atoms with Gasteiger partial charge in [0.1, 0.15) is 5.75 Å². The van der Waals surface area contributed by atoms with Crippen molar-refractivity contribution < 1.29 is 9.53 Å². The molecular formula is C26H37NO2. The molecular weight excluding hydrogens is 358 g/mol. The maximum atomic E-state index is 12.1. The van der Waals surface area contributed by atoms with Gasteiger partial charge in [-0.25, -0.2) is 0 Å². The molecule has 0 radical (unpaired) electrons. The fraction of sp³-hybridized carbons (Fsp3) is 0.500. The number of para-hydroxylation sites is 2. The van der Waals surface area contributed by atoms with Gasteiger partial charge in [-0.3, -0.25) is 4.79 Å². The molecule has 0 unspecified atom stereocenters. The van der Waals surface area contributed by atoms with Crippen LogP contribution in [0, 0.1) is 6.92 Å². The molecule has 3 nitrogen and oxygen atoms in total. The number of ether oxygens (including phenoxy) is 1. The maximum Gasteiger partial charge on any atom is 0.224 e. The predicted octanol–water partition coefficient (Wildman–Crippen LogP) is 7.09. The number of rotatable bonds is 14. The Morgan fingerprint density at radius 2 is 1.48 bits per heavy atom. The molecule has 0 fully saturated rings. The van der Waals surface area contributed by atoms with Gasteiger partial charge >= 0.3 is 0 Å². The third-order valence-electron chi connectivity index (χ3n) is 5.33. The van der Waals surface area contributed by atoms with Crippen LogP contribution >= 0.6 is 0 Å². The highest BCUT2D eigenvalue weighted by Crippen LogP contribution is 2.23. The topological polar surface area (TPSA) is 38.3 Å². The van der Waals surface area contributed by atoms with E-state index in [0.717, 1.165) is 18.5 Å². The van der Waals surface area contributed by atoms with E-state index in [1.807, 2.05) is 24.3 Å². The SMILES string of the molecule is COc1ccccc1NC(=O)CCCCCCCCCCCc1cccc(C)c1. The molecule has 0 saturated heterocycles. The Kier molecular flexibility index (Phi) is 11.0. The molecule has 0 atom stereocenters. The fourth-order valence-electron chi connectivity index (χ4n) is 3.68. The molecule has 0 spiro atoms. The zero-order valence-corrected chi connectivity index (χ0v) is 18.2. The van der Waals surface area contributed by atoms with Gasteiger partial charge in [0, 0.05) is 6.42 Å². The molecule has 0 aliphatic carbocycles. The summed E-state index contributed by atoms with van der Waals surface area (Å²) in [6.07, 6.45) is 13.0. The van der Waals surface area contributed by atoms with Crippen molar-refractivity contribution in [2.45, 2.75) is 77.6 Å². The standard InChI is InChI=1S/C26H37NO2/c1-22-15-14-17-23(21-22)16-10-8-6-4-3-5-7-9-11-20-26(28)27-24-18-12-13-19-25(24)29-2/h12-15,17-19,21H,3-11,16,20H2,1-2H3,(H,27,28). The van der Waals surface area contributed by atoms with Crippen LogP contribution in [0.4, 0.5) is 5.69 Å². The number of nitrogens with one attached hydrogen (secondary N) is 1. The van der Waals surface area contributed by atoms with E-state index in [9.17, 15) is 4.79 Å². The number of carbonyl (C=O) groups is 1. The first-order valence-corrected chi connectivity index (χ1v) is 11.2. The molecule has 0 aliphatic rings. The molecule has 1 amide bonds. The molecule has 0 bridgehead atoms. The minimum absolute atomic E-state index is 0.0723. The van der Waals surface area contributed by atoms with Crippen LogP contribution in [0.15, 0.2) is 48.5 Å². The smallest absolute Gasteiger partial charge is 0.224 e. The monoisotopic (exact) mass is 395 g/mol.